The van der Waals surface area contributed by atoms with E-state index < -0.39 is 47.8 Å². The second-order valence-electron chi connectivity index (χ2n) is 15.6. The molecule has 0 spiro atoms. The summed E-state index contributed by atoms with van der Waals surface area (Å²) in [5.41, 5.74) is 1.16. The van der Waals surface area contributed by atoms with Gasteiger partial charge >= 0.3 is 23.9 Å². The number of nitrogens with zero attached hydrogens (tertiary/aromatic N) is 4. The summed E-state index contributed by atoms with van der Waals surface area (Å²) in [5, 5.41) is 46.6. The Bertz CT molecular complexity index is 1500. The predicted molar refractivity (Wildman–Crippen MR) is 231 cm³/mol. The topological polar surface area (TPSA) is 249 Å². The lowest BCUT2D eigenvalue weighted by molar-refractivity contribution is -0.142. The number of nitrogens with one attached hydrogen (secondary N) is 3. The highest BCUT2D eigenvalue weighted by atomic mass is 127. The van der Waals surface area contributed by atoms with Gasteiger partial charge in [0.15, 0.2) is 0 Å². The van der Waals surface area contributed by atoms with Crippen LogP contribution in [0.1, 0.15) is 58.4 Å². The van der Waals surface area contributed by atoms with Gasteiger partial charge in [0.2, 0.25) is 17.7 Å². The van der Waals surface area contributed by atoms with Crippen molar-refractivity contribution in [3.63, 3.8) is 0 Å². The molecule has 1 aliphatic heterocycles. The van der Waals surface area contributed by atoms with Crippen LogP contribution in [0.3, 0.4) is 0 Å². The highest BCUT2D eigenvalue weighted by Gasteiger charge is 2.29. The molecule has 0 radical (unpaired) electrons. The van der Waals surface area contributed by atoms with E-state index in [1.54, 1.807) is 19.6 Å². The van der Waals surface area contributed by atoms with Gasteiger partial charge in [-0.2, -0.15) is 11.8 Å². The average Bonchev–Trinajstić information content (AvgIpc) is 3.13. The SMILES string of the molecule is CC(C)(C)SCC(NC(=O)CN1CCN(CC(=O)O)CCN(CC(=O)O)CCN(CC(=O)O)CC1)C(=O)N[C@H](CCCCNC(=O)CCCc1ccc(I)cc1)C(=O)O. The van der Waals surface area contributed by atoms with Crippen LogP contribution in [0.5, 0.6) is 0 Å². The molecule has 18 nitrogen and oxygen atoms in total. The maximum atomic E-state index is 13.6. The summed E-state index contributed by atoms with van der Waals surface area (Å²) in [6, 6.07) is 5.82. The van der Waals surface area contributed by atoms with Gasteiger partial charge in [0.05, 0.1) is 26.2 Å². The lowest BCUT2D eigenvalue weighted by Crippen LogP contribution is -2.55. The summed E-state index contributed by atoms with van der Waals surface area (Å²) >= 11 is 3.66. The van der Waals surface area contributed by atoms with Gasteiger partial charge in [0, 0.05) is 79.4 Å². The molecule has 1 unspecified atom stereocenters. The Labute approximate surface area is 364 Å². The molecule has 2 rings (SSSR count). The van der Waals surface area contributed by atoms with Gasteiger partial charge in [-0.05, 0) is 72.4 Å². The molecule has 59 heavy (non-hydrogen) atoms. The third kappa shape index (κ3) is 24.3. The number of hydrogen-bond donors (Lipinski definition) is 7. The molecular weight excluding hydrogens is 901 g/mol. The number of benzene rings is 1. The molecule has 20 heteroatoms. The maximum absolute atomic E-state index is 13.6. The lowest BCUT2D eigenvalue weighted by Gasteiger charge is -2.33. The van der Waals surface area contributed by atoms with Crippen molar-refractivity contribution in [2.75, 3.05) is 90.8 Å². The second kappa shape index (κ2) is 27.3. The fourth-order valence-electron chi connectivity index (χ4n) is 6.17. The molecule has 332 valence electrons. The first-order valence-electron chi connectivity index (χ1n) is 19.8. The van der Waals surface area contributed by atoms with Gasteiger partial charge in [-0.25, -0.2) is 4.79 Å². The first-order chi connectivity index (χ1) is 27.8. The molecule has 1 aliphatic rings. The van der Waals surface area contributed by atoms with Gasteiger partial charge in [-0.15, -0.1) is 0 Å². The van der Waals surface area contributed by atoms with Crippen LogP contribution in [0.2, 0.25) is 0 Å². The minimum Gasteiger partial charge on any atom is -0.480 e. The van der Waals surface area contributed by atoms with Crippen LogP contribution in [-0.4, -0.2) is 189 Å². The standard InChI is InChI=1S/C39H62IN7O11S/c1-39(2,3)59-27-31(37(56)43-30(38(57)58)8-4-5-14-41-32(48)9-6-7-28-10-12-29(40)13-11-28)42-33(49)23-44-15-17-45(24-34(50)51)19-21-47(26-36(54)55)22-20-46(18-16-44)25-35(52)53/h10-13,30-31H,4-9,14-27H2,1-3H3,(H,41,48)(H,42,49)(H,43,56)(H,50,51)(H,52,53)(H,54,55)(H,57,58)/t30-,31?/m1/s1. The number of carbonyl (C=O) groups is 7. The van der Waals surface area contributed by atoms with Crippen LogP contribution in [0.15, 0.2) is 24.3 Å². The number of carboxylic acids is 4. The Morgan fingerprint density at radius 2 is 1.14 bits per heavy atom. The normalized spacial score (nSPS) is 16.5. The summed E-state index contributed by atoms with van der Waals surface area (Å²) in [6.45, 7) is 6.81. The van der Waals surface area contributed by atoms with Gasteiger partial charge in [-0.3, -0.25) is 48.4 Å². The number of aryl methyl sites for hydroxylation is 1. The Morgan fingerprint density at radius 3 is 1.58 bits per heavy atom. The Morgan fingerprint density at radius 1 is 0.661 bits per heavy atom. The summed E-state index contributed by atoms with van der Waals surface area (Å²) in [6.07, 6.45) is 2.90. The molecule has 0 aromatic heterocycles. The molecule has 1 fully saturated rings. The Balaban J connectivity index is 2.04. The number of aliphatic carboxylic acids is 4. The number of carboxylic acid groups (broad SMARTS) is 4. The molecule has 0 bridgehead atoms. The van der Waals surface area contributed by atoms with Crippen molar-refractivity contribution in [3.05, 3.63) is 33.4 Å². The van der Waals surface area contributed by atoms with Crippen molar-refractivity contribution in [2.24, 2.45) is 0 Å². The van der Waals surface area contributed by atoms with Gasteiger partial charge in [-0.1, -0.05) is 32.9 Å². The number of amides is 3. The zero-order valence-corrected chi connectivity index (χ0v) is 37.3. The third-order valence-corrected chi connectivity index (χ3v) is 11.4. The minimum absolute atomic E-state index is 0.0826. The number of unbranched alkanes of at least 4 members (excludes halogenated alkanes) is 1. The summed E-state index contributed by atoms with van der Waals surface area (Å²) in [7, 11) is 0. The van der Waals surface area contributed by atoms with E-state index in [0.29, 0.717) is 32.2 Å². The summed E-state index contributed by atoms with van der Waals surface area (Å²) in [4.78, 5) is 93.1. The highest BCUT2D eigenvalue weighted by molar-refractivity contribution is 14.1. The van der Waals surface area contributed by atoms with Gasteiger partial charge in [0.1, 0.15) is 12.1 Å². The number of halogens is 1. The lowest BCUT2D eigenvalue weighted by atomic mass is 10.1. The predicted octanol–water partition coefficient (Wildman–Crippen LogP) is 0.962. The van der Waals surface area contributed by atoms with Crippen LogP contribution in [0.25, 0.3) is 0 Å². The fraction of sp³-hybridized carbons (Fsp3) is 0.667. The molecule has 7 N–H and O–H groups in total. The van der Waals surface area contributed by atoms with Crippen LogP contribution in [0.4, 0.5) is 0 Å². The van der Waals surface area contributed by atoms with Crippen LogP contribution >= 0.6 is 34.4 Å². The summed E-state index contributed by atoms with van der Waals surface area (Å²) in [5.74, 6) is -5.57. The quantitative estimate of drug-likeness (QED) is 0.0596. The maximum Gasteiger partial charge on any atom is 0.326 e. The highest BCUT2D eigenvalue weighted by Crippen LogP contribution is 2.24. The molecule has 0 saturated carbocycles. The van der Waals surface area contributed by atoms with Crippen molar-refractivity contribution in [3.8, 4) is 0 Å². The number of hydrogen-bond acceptors (Lipinski definition) is 12. The zero-order chi connectivity index (χ0) is 44.0. The van der Waals surface area contributed by atoms with E-state index in [4.69, 9.17) is 0 Å². The second-order valence-corrected chi connectivity index (χ2v) is 18.6. The van der Waals surface area contributed by atoms with Crippen LogP contribution < -0.4 is 16.0 Å². The minimum atomic E-state index is -1.23. The fourth-order valence-corrected chi connectivity index (χ4v) is 7.43. The first-order valence-corrected chi connectivity index (χ1v) is 21.9. The van der Waals surface area contributed by atoms with Gasteiger partial charge in [0.25, 0.3) is 0 Å². The van der Waals surface area contributed by atoms with E-state index in [0.717, 1.165) is 15.6 Å². The monoisotopic (exact) mass is 963 g/mol. The zero-order valence-electron chi connectivity index (χ0n) is 34.3. The van der Waals surface area contributed by atoms with Crippen LogP contribution in [0, 0.1) is 3.57 Å². The summed E-state index contributed by atoms with van der Waals surface area (Å²) < 4.78 is 0.853. The van der Waals surface area contributed by atoms with E-state index in [1.807, 2.05) is 45.0 Å². The molecule has 0 aliphatic carbocycles. The van der Waals surface area contributed by atoms with Crippen LogP contribution in [-0.2, 0) is 40.0 Å². The van der Waals surface area contributed by atoms with E-state index in [2.05, 4.69) is 38.5 Å². The smallest absolute Gasteiger partial charge is 0.326 e. The molecule has 1 aromatic carbocycles. The van der Waals surface area contributed by atoms with Crippen molar-refractivity contribution in [1.29, 1.82) is 0 Å². The number of rotatable bonds is 23. The average molecular weight is 964 g/mol. The van der Waals surface area contributed by atoms with Gasteiger partial charge < -0.3 is 36.4 Å². The molecule has 2 atom stereocenters. The number of carbonyl (C=O) groups excluding carboxylic acids is 3. The molecule has 3 amide bonds. The third-order valence-electron chi connectivity index (χ3n) is 9.35. The molecule has 1 heterocycles. The van der Waals surface area contributed by atoms with E-state index in [-0.39, 0.29) is 101 Å². The van der Waals surface area contributed by atoms with E-state index in [1.165, 1.54) is 11.8 Å². The Hall–Kier alpha value is -3.57. The molecular formula is C39H62IN7O11S. The van der Waals surface area contributed by atoms with Crippen molar-refractivity contribution in [2.45, 2.75) is 76.1 Å². The van der Waals surface area contributed by atoms with E-state index in [9.17, 15) is 54.0 Å². The molecule has 1 saturated heterocycles. The van der Waals surface area contributed by atoms with Crippen molar-refractivity contribution in [1.82, 2.24) is 35.6 Å². The molecule has 1 aromatic rings. The van der Waals surface area contributed by atoms with Crippen molar-refractivity contribution < 1.29 is 54.0 Å². The number of thioether (sulfide) groups is 1. The largest absolute Gasteiger partial charge is 0.480 e. The van der Waals surface area contributed by atoms with E-state index >= 15 is 0 Å². The first kappa shape index (κ1) is 51.6. The van der Waals surface area contributed by atoms with Crippen molar-refractivity contribution >= 4 is 76.0 Å². The Kier molecular flexibility index (Phi) is 23.9.